The highest BCUT2D eigenvalue weighted by molar-refractivity contribution is 5.94. The van der Waals surface area contributed by atoms with Crippen LogP contribution in [0.15, 0.2) is 18.2 Å². The first-order chi connectivity index (χ1) is 9.11. The van der Waals surface area contributed by atoms with Gasteiger partial charge in [0.05, 0.1) is 0 Å². The maximum Gasteiger partial charge on any atom is 0.253 e. The lowest BCUT2D eigenvalue weighted by atomic mass is 10.1. The summed E-state index contributed by atoms with van der Waals surface area (Å²) >= 11 is 0. The number of carbonyl (C=O) groups excluding carboxylic acids is 1. The summed E-state index contributed by atoms with van der Waals surface area (Å²) in [5.74, 6) is -1.63. The fourth-order valence-corrected chi connectivity index (χ4v) is 2.41. The summed E-state index contributed by atoms with van der Waals surface area (Å²) in [7, 11) is 1.90. The van der Waals surface area contributed by atoms with E-state index in [9.17, 15) is 13.6 Å². The lowest BCUT2D eigenvalue weighted by Crippen LogP contribution is -2.29. The van der Waals surface area contributed by atoms with Gasteiger partial charge in [0.15, 0.2) is 11.6 Å². The monoisotopic (exact) mass is 268 g/mol. The van der Waals surface area contributed by atoms with E-state index in [1.807, 2.05) is 7.05 Å². The third-order valence-corrected chi connectivity index (χ3v) is 3.54. The topological polar surface area (TPSA) is 32.3 Å². The van der Waals surface area contributed by atoms with Crippen molar-refractivity contribution in [2.45, 2.75) is 12.8 Å². The number of rotatable bonds is 4. The van der Waals surface area contributed by atoms with Crippen LogP contribution in [0.25, 0.3) is 0 Å². The molecule has 1 atom stereocenters. The van der Waals surface area contributed by atoms with E-state index in [-0.39, 0.29) is 11.5 Å². The molecule has 2 rings (SSSR count). The molecule has 1 aliphatic heterocycles. The van der Waals surface area contributed by atoms with Crippen molar-refractivity contribution in [3.8, 4) is 0 Å². The highest BCUT2D eigenvalue weighted by Crippen LogP contribution is 2.21. The number of nitrogens with zero attached hydrogens (tertiary/aromatic N) is 1. The van der Waals surface area contributed by atoms with Crippen molar-refractivity contribution in [1.82, 2.24) is 10.2 Å². The third-order valence-electron chi connectivity index (χ3n) is 3.54. The molecule has 1 aromatic rings. The highest BCUT2D eigenvalue weighted by Gasteiger charge is 2.26. The second-order valence-corrected chi connectivity index (χ2v) is 4.93. The van der Waals surface area contributed by atoms with E-state index in [1.165, 1.54) is 6.07 Å². The van der Waals surface area contributed by atoms with Crippen molar-refractivity contribution < 1.29 is 13.6 Å². The van der Waals surface area contributed by atoms with Crippen molar-refractivity contribution in [3.05, 3.63) is 35.4 Å². The lowest BCUT2D eigenvalue weighted by molar-refractivity contribution is 0.0786. The van der Waals surface area contributed by atoms with Gasteiger partial charge in [-0.1, -0.05) is 0 Å². The molecule has 1 saturated heterocycles. The van der Waals surface area contributed by atoms with Crippen LogP contribution in [-0.2, 0) is 0 Å². The van der Waals surface area contributed by atoms with E-state index in [0.717, 1.165) is 31.5 Å². The van der Waals surface area contributed by atoms with Crippen LogP contribution in [0.5, 0.6) is 0 Å². The summed E-state index contributed by atoms with van der Waals surface area (Å²) in [6.45, 7) is 2.31. The van der Waals surface area contributed by atoms with E-state index < -0.39 is 11.6 Å². The minimum absolute atomic E-state index is 0.216. The van der Waals surface area contributed by atoms with Crippen molar-refractivity contribution >= 4 is 5.91 Å². The smallest absolute Gasteiger partial charge is 0.253 e. The lowest BCUT2D eigenvalue weighted by Gasteiger charge is -2.16. The molecule has 1 amide bonds. The Morgan fingerprint density at radius 2 is 2.21 bits per heavy atom. The minimum atomic E-state index is -0.975. The van der Waals surface area contributed by atoms with E-state index in [1.54, 1.807) is 4.90 Å². The summed E-state index contributed by atoms with van der Waals surface area (Å²) in [4.78, 5) is 13.9. The Morgan fingerprint density at radius 3 is 2.89 bits per heavy atom. The number of carbonyl (C=O) groups is 1. The molecule has 1 N–H and O–H groups in total. The molecular formula is C14H18F2N2O. The zero-order valence-electron chi connectivity index (χ0n) is 11.0. The fourth-order valence-electron chi connectivity index (χ4n) is 2.41. The molecule has 5 heteroatoms. The summed E-state index contributed by atoms with van der Waals surface area (Å²) in [6.07, 6.45) is 2.00. The number of likely N-dealkylation sites (tertiary alicyclic amines) is 1. The molecule has 1 aromatic carbocycles. The molecule has 0 spiro atoms. The molecule has 0 saturated carbocycles. The van der Waals surface area contributed by atoms with E-state index in [0.29, 0.717) is 19.0 Å². The number of nitrogens with one attached hydrogen (secondary N) is 1. The minimum Gasteiger partial charge on any atom is -0.338 e. The van der Waals surface area contributed by atoms with Gasteiger partial charge >= 0.3 is 0 Å². The second-order valence-electron chi connectivity index (χ2n) is 4.93. The molecule has 0 aliphatic carbocycles. The molecule has 3 nitrogen and oxygen atoms in total. The Bertz CT molecular complexity index is 465. The van der Waals surface area contributed by atoms with Crippen LogP contribution < -0.4 is 5.32 Å². The van der Waals surface area contributed by atoms with Crippen LogP contribution in [0.4, 0.5) is 8.78 Å². The van der Waals surface area contributed by atoms with Gasteiger partial charge in [-0.15, -0.1) is 0 Å². The van der Waals surface area contributed by atoms with Gasteiger partial charge in [-0.2, -0.15) is 0 Å². The first-order valence-corrected chi connectivity index (χ1v) is 6.50. The van der Waals surface area contributed by atoms with Crippen molar-refractivity contribution in [1.29, 1.82) is 0 Å². The van der Waals surface area contributed by atoms with Crippen molar-refractivity contribution in [3.63, 3.8) is 0 Å². The SMILES string of the molecule is CNCCC1CCN(C(=O)c2ccc(F)c(F)c2)C1. The first-order valence-electron chi connectivity index (χ1n) is 6.50. The summed E-state index contributed by atoms with van der Waals surface area (Å²) in [6, 6.07) is 3.30. The summed E-state index contributed by atoms with van der Waals surface area (Å²) in [5.41, 5.74) is 0.216. The quantitative estimate of drug-likeness (QED) is 0.906. The van der Waals surface area contributed by atoms with Gasteiger partial charge in [0.2, 0.25) is 0 Å². The predicted octanol–water partition coefficient (Wildman–Crippen LogP) is 2.04. The van der Waals surface area contributed by atoms with Gasteiger partial charge in [-0.05, 0) is 50.6 Å². The fraction of sp³-hybridized carbons (Fsp3) is 0.500. The van der Waals surface area contributed by atoms with Gasteiger partial charge in [0.25, 0.3) is 5.91 Å². The van der Waals surface area contributed by atoms with Crippen molar-refractivity contribution in [2.75, 3.05) is 26.7 Å². The molecule has 1 unspecified atom stereocenters. The maximum absolute atomic E-state index is 13.1. The van der Waals surface area contributed by atoms with Crippen LogP contribution in [0.1, 0.15) is 23.2 Å². The number of halogens is 2. The largest absolute Gasteiger partial charge is 0.338 e. The maximum atomic E-state index is 13.1. The Hall–Kier alpha value is -1.49. The van der Waals surface area contributed by atoms with E-state index >= 15 is 0 Å². The van der Waals surface area contributed by atoms with E-state index in [4.69, 9.17) is 0 Å². The number of benzene rings is 1. The Labute approximate surface area is 111 Å². The van der Waals surface area contributed by atoms with Gasteiger partial charge in [0.1, 0.15) is 0 Å². The zero-order valence-corrected chi connectivity index (χ0v) is 11.0. The Morgan fingerprint density at radius 1 is 1.42 bits per heavy atom. The molecular weight excluding hydrogens is 250 g/mol. The van der Waals surface area contributed by atoms with Gasteiger partial charge in [-0.3, -0.25) is 4.79 Å². The summed E-state index contributed by atoms with van der Waals surface area (Å²) < 4.78 is 25.9. The van der Waals surface area contributed by atoms with Gasteiger partial charge in [0, 0.05) is 18.7 Å². The third kappa shape index (κ3) is 3.29. The van der Waals surface area contributed by atoms with Crippen LogP contribution in [0.3, 0.4) is 0 Å². The molecule has 1 fully saturated rings. The molecule has 104 valence electrons. The zero-order chi connectivity index (χ0) is 13.8. The average Bonchev–Trinajstić information content (AvgIpc) is 2.87. The number of hydrogen-bond acceptors (Lipinski definition) is 2. The van der Waals surface area contributed by atoms with Crippen LogP contribution in [0, 0.1) is 17.6 Å². The molecule has 0 aromatic heterocycles. The Balaban J connectivity index is 1.99. The van der Waals surface area contributed by atoms with Crippen LogP contribution >= 0.6 is 0 Å². The average molecular weight is 268 g/mol. The Kier molecular flexibility index (Phi) is 4.47. The molecule has 1 aliphatic rings. The van der Waals surface area contributed by atoms with Gasteiger partial charge in [-0.25, -0.2) is 8.78 Å². The van der Waals surface area contributed by atoms with Crippen LogP contribution in [-0.4, -0.2) is 37.5 Å². The predicted molar refractivity (Wildman–Crippen MR) is 68.9 cm³/mol. The van der Waals surface area contributed by atoms with Crippen molar-refractivity contribution in [2.24, 2.45) is 5.92 Å². The standard InChI is InChI=1S/C14H18F2N2O/c1-17-6-4-10-5-7-18(9-10)14(19)11-2-3-12(15)13(16)8-11/h2-3,8,10,17H,4-7,9H2,1H3. The molecule has 1 heterocycles. The second kappa shape index (κ2) is 6.10. The molecule has 0 radical (unpaired) electrons. The molecule has 0 bridgehead atoms. The normalized spacial score (nSPS) is 18.9. The van der Waals surface area contributed by atoms with Gasteiger partial charge < -0.3 is 10.2 Å². The van der Waals surface area contributed by atoms with Crippen LogP contribution in [0.2, 0.25) is 0 Å². The first kappa shape index (κ1) is 13.9. The number of amides is 1. The van der Waals surface area contributed by atoms with E-state index in [2.05, 4.69) is 5.32 Å². The summed E-state index contributed by atoms with van der Waals surface area (Å²) in [5, 5.41) is 3.09. The highest BCUT2D eigenvalue weighted by atomic mass is 19.2. The number of hydrogen-bond donors (Lipinski definition) is 1. The molecule has 19 heavy (non-hydrogen) atoms.